The van der Waals surface area contributed by atoms with Gasteiger partial charge in [0, 0.05) is 12.3 Å². The molecule has 2 heterocycles. The Balaban J connectivity index is 1.90. The standard InChI is InChI=1S/C19H22N4O3/c1-4-11(2)17(18-21-12-7-5-6-8-13(12)22-18)23-19(25)14-9-15(24)16(26-3)10-20-14/h5-11,17H,4H2,1-3H3,(H,20,24)(H,21,22)(H,23,25). The molecular weight excluding hydrogens is 332 g/mol. The van der Waals surface area contributed by atoms with Crippen LogP contribution in [0.1, 0.15) is 42.6 Å². The highest BCUT2D eigenvalue weighted by atomic mass is 16.5. The molecule has 0 aliphatic heterocycles. The van der Waals surface area contributed by atoms with Crippen LogP contribution < -0.4 is 15.5 Å². The second-order valence-electron chi connectivity index (χ2n) is 6.26. The number of ether oxygens (including phenoxy) is 1. The number of para-hydroxylation sites is 2. The van der Waals surface area contributed by atoms with Crippen LogP contribution in [0, 0.1) is 5.92 Å². The summed E-state index contributed by atoms with van der Waals surface area (Å²) < 4.78 is 4.93. The number of aromatic amines is 2. The molecule has 0 aliphatic carbocycles. The lowest BCUT2D eigenvalue weighted by atomic mass is 9.98. The third-order valence-electron chi connectivity index (χ3n) is 4.54. The van der Waals surface area contributed by atoms with Crippen LogP contribution >= 0.6 is 0 Å². The molecule has 0 aliphatic rings. The smallest absolute Gasteiger partial charge is 0.268 e. The van der Waals surface area contributed by atoms with Crippen LogP contribution in [0.3, 0.4) is 0 Å². The van der Waals surface area contributed by atoms with E-state index in [4.69, 9.17) is 4.74 Å². The lowest BCUT2D eigenvalue weighted by Gasteiger charge is -2.22. The fourth-order valence-corrected chi connectivity index (χ4v) is 2.80. The van der Waals surface area contributed by atoms with Crippen molar-refractivity contribution in [2.24, 2.45) is 5.92 Å². The summed E-state index contributed by atoms with van der Waals surface area (Å²) in [6.45, 7) is 4.11. The number of fused-ring (bicyclic) bond motifs is 1. The zero-order valence-electron chi connectivity index (χ0n) is 15.0. The number of pyridine rings is 1. The number of benzene rings is 1. The highest BCUT2D eigenvalue weighted by Gasteiger charge is 2.24. The Hall–Kier alpha value is -3.09. The Morgan fingerprint density at radius 1 is 1.35 bits per heavy atom. The molecular formula is C19H22N4O3. The Labute approximate surface area is 150 Å². The second-order valence-corrected chi connectivity index (χ2v) is 6.26. The van der Waals surface area contributed by atoms with Gasteiger partial charge >= 0.3 is 0 Å². The minimum absolute atomic E-state index is 0.157. The number of methoxy groups -OCH3 is 1. The Kier molecular flexibility index (Phi) is 5.06. The largest absolute Gasteiger partial charge is 0.491 e. The highest BCUT2D eigenvalue weighted by Crippen LogP contribution is 2.24. The Morgan fingerprint density at radius 3 is 2.77 bits per heavy atom. The summed E-state index contributed by atoms with van der Waals surface area (Å²) in [5, 5.41) is 2.98. The van der Waals surface area contributed by atoms with Crippen molar-refractivity contribution in [2.75, 3.05) is 7.11 Å². The first-order valence-electron chi connectivity index (χ1n) is 8.55. The van der Waals surface area contributed by atoms with Gasteiger partial charge in [-0.1, -0.05) is 32.4 Å². The van der Waals surface area contributed by atoms with Gasteiger partial charge in [-0.3, -0.25) is 9.59 Å². The maximum atomic E-state index is 12.7. The van der Waals surface area contributed by atoms with E-state index in [2.05, 4.69) is 34.1 Å². The van der Waals surface area contributed by atoms with E-state index in [9.17, 15) is 9.59 Å². The molecule has 0 bridgehead atoms. The quantitative estimate of drug-likeness (QED) is 0.634. The fourth-order valence-electron chi connectivity index (χ4n) is 2.80. The van der Waals surface area contributed by atoms with E-state index < -0.39 is 0 Å². The number of hydrogen-bond donors (Lipinski definition) is 3. The van der Waals surface area contributed by atoms with E-state index in [1.165, 1.54) is 19.4 Å². The van der Waals surface area contributed by atoms with Crippen LogP contribution in [-0.4, -0.2) is 28.0 Å². The van der Waals surface area contributed by atoms with Crippen molar-refractivity contribution in [1.29, 1.82) is 0 Å². The van der Waals surface area contributed by atoms with Crippen molar-refractivity contribution >= 4 is 16.9 Å². The monoisotopic (exact) mass is 354 g/mol. The predicted molar refractivity (Wildman–Crippen MR) is 99.4 cm³/mol. The molecule has 0 spiro atoms. The number of carbonyl (C=O) groups is 1. The minimum atomic E-state index is -0.365. The molecule has 0 saturated heterocycles. The summed E-state index contributed by atoms with van der Waals surface area (Å²) in [5.41, 5.74) is 1.60. The van der Waals surface area contributed by atoms with Crippen molar-refractivity contribution in [3.8, 4) is 5.75 Å². The van der Waals surface area contributed by atoms with E-state index in [1.807, 2.05) is 24.3 Å². The molecule has 3 N–H and O–H groups in total. The fraction of sp³-hybridized carbons (Fsp3) is 0.316. The van der Waals surface area contributed by atoms with Crippen molar-refractivity contribution in [2.45, 2.75) is 26.3 Å². The molecule has 2 aromatic heterocycles. The molecule has 1 aromatic carbocycles. The molecule has 26 heavy (non-hydrogen) atoms. The number of nitrogens with one attached hydrogen (secondary N) is 3. The maximum absolute atomic E-state index is 12.7. The summed E-state index contributed by atoms with van der Waals surface area (Å²) in [5.74, 6) is 0.655. The van der Waals surface area contributed by atoms with Crippen molar-refractivity contribution < 1.29 is 9.53 Å². The first-order valence-corrected chi connectivity index (χ1v) is 8.55. The third-order valence-corrected chi connectivity index (χ3v) is 4.54. The lowest BCUT2D eigenvalue weighted by Crippen LogP contribution is -2.34. The number of rotatable bonds is 6. The molecule has 3 rings (SSSR count). The molecule has 7 heteroatoms. The number of hydrogen-bond acceptors (Lipinski definition) is 4. The highest BCUT2D eigenvalue weighted by molar-refractivity contribution is 5.92. The Morgan fingerprint density at radius 2 is 2.12 bits per heavy atom. The van der Waals surface area contributed by atoms with Crippen LogP contribution in [0.5, 0.6) is 5.75 Å². The van der Waals surface area contributed by atoms with E-state index >= 15 is 0 Å². The number of H-pyrrole nitrogens is 2. The van der Waals surface area contributed by atoms with Crippen LogP contribution in [-0.2, 0) is 0 Å². The van der Waals surface area contributed by atoms with Gasteiger partial charge in [0.15, 0.2) is 5.75 Å². The van der Waals surface area contributed by atoms with Gasteiger partial charge in [0.05, 0.1) is 24.2 Å². The lowest BCUT2D eigenvalue weighted by molar-refractivity contribution is 0.0915. The van der Waals surface area contributed by atoms with Gasteiger partial charge in [0.2, 0.25) is 5.43 Å². The zero-order valence-corrected chi connectivity index (χ0v) is 15.0. The third kappa shape index (κ3) is 3.46. The van der Waals surface area contributed by atoms with Gasteiger partial charge < -0.3 is 20.0 Å². The van der Waals surface area contributed by atoms with Gasteiger partial charge in [0.1, 0.15) is 11.5 Å². The molecule has 0 radical (unpaired) electrons. The topological polar surface area (TPSA) is 99.9 Å². The number of imidazole rings is 1. The van der Waals surface area contributed by atoms with Crippen molar-refractivity contribution in [3.05, 3.63) is 58.3 Å². The van der Waals surface area contributed by atoms with Crippen molar-refractivity contribution in [3.63, 3.8) is 0 Å². The summed E-state index contributed by atoms with van der Waals surface area (Å²) in [4.78, 5) is 35.2. The summed E-state index contributed by atoms with van der Waals surface area (Å²) >= 11 is 0. The number of nitrogens with zero attached hydrogens (tertiary/aromatic N) is 1. The van der Waals surface area contributed by atoms with Crippen LogP contribution in [0.25, 0.3) is 11.0 Å². The van der Waals surface area contributed by atoms with E-state index in [-0.39, 0.29) is 34.7 Å². The van der Waals surface area contributed by atoms with Gasteiger partial charge in [-0.2, -0.15) is 0 Å². The molecule has 3 aromatic rings. The second kappa shape index (κ2) is 7.43. The molecule has 0 fully saturated rings. The first-order chi connectivity index (χ1) is 12.5. The Bertz CT molecular complexity index is 943. The number of amides is 1. The normalized spacial score (nSPS) is 13.3. The maximum Gasteiger partial charge on any atom is 0.268 e. The summed E-state index contributed by atoms with van der Waals surface area (Å²) in [7, 11) is 1.41. The first kappa shape index (κ1) is 17.7. The van der Waals surface area contributed by atoms with E-state index in [0.29, 0.717) is 5.82 Å². The molecule has 0 saturated carbocycles. The van der Waals surface area contributed by atoms with Gasteiger partial charge in [0.25, 0.3) is 5.91 Å². The van der Waals surface area contributed by atoms with Crippen LogP contribution in [0.15, 0.2) is 41.3 Å². The average Bonchev–Trinajstić information content (AvgIpc) is 3.08. The van der Waals surface area contributed by atoms with Crippen LogP contribution in [0.2, 0.25) is 0 Å². The SMILES string of the molecule is CCC(C)C(NC(=O)c1cc(=O)c(OC)c[nH]1)c1nc2ccccc2[nH]1. The van der Waals surface area contributed by atoms with E-state index in [0.717, 1.165) is 17.5 Å². The average molecular weight is 354 g/mol. The molecule has 2 unspecified atom stereocenters. The summed E-state index contributed by atoms with van der Waals surface area (Å²) in [6, 6.07) is 8.66. The summed E-state index contributed by atoms with van der Waals surface area (Å²) in [6.07, 6.45) is 2.25. The molecule has 7 nitrogen and oxygen atoms in total. The molecule has 1 amide bonds. The molecule has 136 valence electrons. The van der Waals surface area contributed by atoms with Crippen molar-refractivity contribution in [1.82, 2.24) is 20.3 Å². The van der Waals surface area contributed by atoms with Gasteiger partial charge in [-0.05, 0) is 18.1 Å². The number of carbonyl (C=O) groups excluding carboxylic acids is 1. The predicted octanol–water partition coefficient (Wildman–Crippen LogP) is 2.78. The minimum Gasteiger partial charge on any atom is -0.491 e. The number of aromatic nitrogens is 3. The van der Waals surface area contributed by atoms with Crippen LogP contribution in [0.4, 0.5) is 0 Å². The molecule has 2 atom stereocenters. The van der Waals surface area contributed by atoms with Gasteiger partial charge in [-0.25, -0.2) is 4.98 Å². The zero-order chi connectivity index (χ0) is 18.7. The van der Waals surface area contributed by atoms with Gasteiger partial charge in [-0.15, -0.1) is 0 Å². The van der Waals surface area contributed by atoms with E-state index in [1.54, 1.807) is 0 Å².